The monoisotopic (exact) mass is 522 g/mol. The summed E-state index contributed by atoms with van der Waals surface area (Å²) in [6.07, 6.45) is 0.456. The van der Waals surface area contributed by atoms with Crippen molar-refractivity contribution in [2.75, 3.05) is 12.3 Å². The SMILES string of the molecule is Cc1cccc(CN(C(=O)CSCc2ccccc2Cl)C(Cc2ccccc2)C(=O)NCC(C)C)c1. The highest BCUT2D eigenvalue weighted by Gasteiger charge is 2.30. The van der Waals surface area contributed by atoms with Gasteiger partial charge in [-0.15, -0.1) is 11.8 Å². The number of aryl methyl sites for hydroxylation is 1. The Bertz CT molecular complexity index is 1140. The van der Waals surface area contributed by atoms with Gasteiger partial charge in [-0.05, 0) is 35.6 Å². The highest BCUT2D eigenvalue weighted by atomic mass is 35.5. The zero-order chi connectivity index (χ0) is 25.9. The molecule has 0 bridgehead atoms. The molecule has 190 valence electrons. The molecule has 1 atom stereocenters. The molecule has 36 heavy (non-hydrogen) atoms. The number of benzene rings is 3. The lowest BCUT2D eigenvalue weighted by Gasteiger charge is -2.32. The summed E-state index contributed by atoms with van der Waals surface area (Å²) in [5.41, 5.74) is 4.15. The van der Waals surface area contributed by atoms with Gasteiger partial charge in [-0.3, -0.25) is 9.59 Å². The van der Waals surface area contributed by atoms with E-state index in [1.165, 1.54) is 11.8 Å². The minimum Gasteiger partial charge on any atom is -0.354 e. The molecule has 0 aliphatic heterocycles. The van der Waals surface area contributed by atoms with E-state index in [0.29, 0.717) is 36.2 Å². The first-order chi connectivity index (χ1) is 17.3. The standard InChI is InChI=1S/C30H35ClN2O2S/c1-22(2)18-32-30(35)28(17-24-11-5-4-6-12-24)33(19-25-13-9-10-23(3)16-25)29(34)21-36-20-26-14-7-8-15-27(26)31/h4-16,22,28H,17-21H2,1-3H3,(H,32,35). The zero-order valence-electron chi connectivity index (χ0n) is 21.2. The van der Waals surface area contributed by atoms with Crippen LogP contribution in [0.2, 0.25) is 5.02 Å². The zero-order valence-corrected chi connectivity index (χ0v) is 22.8. The third-order valence-electron chi connectivity index (χ3n) is 5.83. The van der Waals surface area contributed by atoms with Gasteiger partial charge in [0.25, 0.3) is 0 Å². The Morgan fingerprint density at radius 2 is 1.64 bits per heavy atom. The van der Waals surface area contributed by atoms with Gasteiger partial charge in [0.2, 0.25) is 11.8 Å². The van der Waals surface area contributed by atoms with Crippen molar-refractivity contribution in [2.24, 2.45) is 5.92 Å². The molecule has 0 saturated heterocycles. The first-order valence-electron chi connectivity index (χ1n) is 12.3. The Morgan fingerprint density at radius 1 is 0.944 bits per heavy atom. The Hall–Kier alpha value is -2.76. The van der Waals surface area contributed by atoms with E-state index in [1.54, 1.807) is 4.90 Å². The molecule has 4 nitrogen and oxygen atoms in total. The predicted octanol–water partition coefficient (Wildman–Crippen LogP) is 6.29. The highest BCUT2D eigenvalue weighted by Crippen LogP contribution is 2.22. The second kappa shape index (κ2) is 14.1. The summed E-state index contributed by atoms with van der Waals surface area (Å²) in [6, 6.07) is 25.1. The van der Waals surface area contributed by atoms with Crippen molar-refractivity contribution in [3.8, 4) is 0 Å². The molecular weight excluding hydrogens is 488 g/mol. The number of nitrogens with one attached hydrogen (secondary N) is 1. The van der Waals surface area contributed by atoms with Crippen molar-refractivity contribution in [1.29, 1.82) is 0 Å². The van der Waals surface area contributed by atoms with Crippen molar-refractivity contribution < 1.29 is 9.59 Å². The molecule has 0 heterocycles. The maximum Gasteiger partial charge on any atom is 0.243 e. The number of rotatable bonds is 12. The van der Waals surface area contributed by atoms with Gasteiger partial charge in [0.1, 0.15) is 6.04 Å². The largest absolute Gasteiger partial charge is 0.354 e. The summed E-state index contributed by atoms with van der Waals surface area (Å²) in [5.74, 6) is 1.03. The molecule has 0 spiro atoms. The maximum atomic E-state index is 13.7. The van der Waals surface area contributed by atoms with E-state index in [0.717, 1.165) is 22.3 Å². The number of hydrogen-bond acceptors (Lipinski definition) is 3. The van der Waals surface area contributed by atoms with E-state index in [4.69, 9.17) is 11.6 Å². The van der Waals surface area contributed by atoms with E-state index >= 15 is 0 Å². The number of nitrogens with zero attached hydrogens (tertiary/aromatic N) is 1. The molecule has 0 aliphatic carbocycles. The van der Waals surface area contributed by atoms with Gasteiger partial charge in [0, 0.05) is 30.3 Å². The number of carbonyl (C=O) groups excluding carboxylic acids is 2. The third kappa shape index (κ3) is 8.72. The molecular formula is C30H35ClN2O2S. The average molecular weight is 523 g/mol. The quantitative estimate of drug-likeness (QED) is 0.304. The predicted molar refractivity (Wildman–Crippen MR) is 151 cm³/mol. The van der Waals surface area contributed by atoms with Crippen molar-refractivity contribution in [1.82, 2.24) is 10.2 Å². The van der Waals surface area contributed by atoms with Crippen molar-refractivity contribution >= 4 is 35.2 Å². The average Bonchev–Trinajstić information content (AvgIpc) is 2.86. The maximum absolute atomic E-state index is 13.7. The molecule has 2 amide bonds. The minimum atomic E-state index is -0.611. The summed E-state index contributed by atoms with van der Waals surface area (Å²) in [5, 5.41) is 3.77. The summed E-state index contributed by atoms with van der Waals surface area (Å²) >= 11 is 7.82. The molecule has 3 rings (SSSR count). The van der Waals surface area contributed by atoms with Gasteiger partial charge in [-0.2, -0.15) is 0 Å². The highest BCUT2D eigenvalue weighted by molar-refractivity contribution is 7.99. The second-order valence-corrected chi connectivity index (χ2v) is 10.8. The fraction of sp³-hybridized carbons (Fsp3) is 0.333. The third-order valence-corrected chi connectivity index (χ3v) is 7.17. The van der Waals surface area contributed by atoms with Crippen molar-refractivity contribution in [2.45, 2.75) is 45.5 Å². The van der Waals surface area contributed by atoms with Gasteiger partial charge in [0.15, 0.2) is 0 Å². The molecule has 0 radical (unpaired) electrons. The van der Waals surface area contributed by atoms with E-state index in [-0.39, 0.29) is 17.6 Å². The topological polar surface area (TPSA) is 49.4 Å². The number of carbonyl (C=O) groups is 2. The molecule has 0 saturated carbocycles. The molecule has 3 aromatic rings. The summed E-state index contributed by atoms with van der Waals surface area (Å²) in [6.45, 7) is 7.10. The summed E-state index contributed by atoms with van der Waals surface area (Å²) < 4.78 is 0. The van der Waals surface area contributed by atoms with Gasteiger partial charge in [-0.1, -0.05) is 104 Å². The van der Waals surface area contributed by atoms with Gasteiger partial charge < -0.3 is 10.2 Å². The molecule has 0 aliphatic rings. The van der Waals surface area contributed by atoms with Crippen LogP contribution in [-0.2, 0) is 28.3 Å². The Balaban J connectivity index is 1.85. The van der Waals surface area contributed by atoms with Crippen molar-refractivity contribution in [3.05, 3.63) is 106 Å². The van der Waals surface area contributed by atoms with Crippen LogP contribution < -0.4 is 5.32 Å². The van der Waals surface area contributed by atoms with Crippen LogP contribution in [0, 0.1) is 12.8 Å². The van der Waals surface area contributed by atoms with Crippen LogP contribution in [-0.4, -0.2) is 35.1 Å². The van der Waals surface area contributed by atoms with Crippen LogP contribution >= 0.6 is 23.4 Å². The van der Waals surface area contributed by atoms with Gasteiger partial charge in [0.05, 0.1) is 5.75 Å². The van der Waals surface area contributed by atoms with Crippen molar-refractivity contribution in [3.63, 3.8) is 0 Å². The lowest BCUT2D eigenvalue weighted by Crippen LogP contribution is -2.51. The number of amides is 2. The molecule has 0 fully saturated rings. The van der Waals surface area contributed by atoms with Gasteiger partial charge in [-0.25, -0.2) is 0 Å². The number of halogens is 1. The minimum absolute atomic E-state index is 0.0609. The van der Waals surface area contributed by atoms with Crippen LogP contribution in [0.5, 0.6) is 0 Å². The Kier molecular flexibility index (Phi) is 10.9. The number of hydrogen-bond donors (Lipinski definition) is 1. The molecule has 1 N–H and O–H groups in total. The van der Waals surface area contributed by atoms with Crippen LogP contribution in [0.4, 0.5) is 0 Å². The lowest BCUT2D eigenvalue weighted by atomic mass is 10.0. The fourth-order valence-corrected chi connectivity index (χ4v) is 5.13. The molecule has 6 heteroatoms. The van der Waals surface area contributed by atoms with Crippen LogP contribution in [0.3, 0.4) is 0 Å². The van der Waals surface area contributed by atoms with E-state index in [9.17, 15) is 9.59 Å². The first-order valence-corrected chi connectivity index (χ1v) is 13.8. The van der Waals surface area contributed by atoms with E-state index in [1.807, 2.05) is 79.7 Å². The Morgan fingerprint density at radius 3 is 2.33 bits per heavy atom. The Labute approximate surface area is 224 Å². The summed E-state index contributed by atoms with van der Waals surface area (Å²) in [4.78, 5) is 28.9. The van der Waals surface area contributed by atoms with E-state index in [2.05, 4.69) is 25.2 Å². The smallest absolute Gasteiger partial charge is 0.243 e. The van der Waals surface area contributed by atoms with E-state index < -0.39 is 6.04 Å². The molecule has 3 aromatic carbocycles. The second-order valence-electron chi connectivity index (χ2n) is 9.44. The normalized spacial score (nSPS) is 11.8. The summed E-state index contributed by atoms with van der Waals surface area (Å²) in [7, 11) is 0. The van der Waals surface area contributed by atoms with Crippen LogP contribution in [0.1, 0.15) is 36.1 Å². The van der Waals surface area contributed by atoms with Crippen LogP contribution in [0.15, 0.2) is 78.9 Å². The first kappa shape index (κ1) is 27.8. The van der Waals surface area contributed by atoms with Gasteiger partial charge >= 0.3 is 0 Å². The molecule has 1 unspecified atom stereocenters. The molecule has 0 aromatic heterocycles. The fourth-order valence-electron chi connectivity index (χ4n) is 3.93. The van der Waals surface area contributed by atoms with Crippen LogP contribution in [0.25, 0.3) is 0 Å². The lowest BCUT2D eigenvalue weighted by molar-refractivity contribution is -0.139. The number of thioether (sulfide) groups is 1.